The van der Waals surface area contributed by atoms with E-state index in [1.54, 1.807) is 0 Å². The van der Waals surface area contributed by atoms with Gasteiger partial charge < -0.3 is 10.2 Å². The second-order valence-corrected chi connectivity index (χ2v) is 9.18. The van der Waals surface area contributed by atoms with Crippen molar-refractivity contribution >= 4 is 34.9 Å². The van der Waals surface area contributed by atoms with Crippen LogP contribution in [0.25, 0.3) is 0 Å². The smallest absolute Gasteiger partial charge is 0.340 e. The zero-order chi connectivity index (χ0) is 26.4. The third-order valence-corrected chi connectivity index (χ3v) is 5.99. The predicted octanol–water partition coefficient (Wildman–Crippen LogP) is 5.09. The van der Waals surface area contributed by atoms with E-state index in [9.17, 15) is 13.2 Å². The number of nitrogens with zero attached hydrogens (tertiary/aromatic N) is 5. The van der Waals surface area contributed by atoms with Crippen LogP contribution >= 0.6 is 12.2 Å². The van der Waals surface area contributed by atoms with Crippen LogP contribution in [0.15, 0.2) is 65.7 Å². The zero-order valence-electron chi connectivity index (χ0n) is 20.6. The largest absolute Gasteiger partial charge is 0.416 e. The van der Waals surface area contributed by atoms with Crippen molar-refractivity contribution in [2.75, 3.05) is 36.8 Å². The summed E-state index contributed by atoms with van der Waals surface area (Å²) in [5.41, 5.74) is 2.57. The molecule has 1 fully saturated rings. The van der Waals surface area contributed by atoms with Crippen molar-refractivity contribution in [3.8, 4) is 0 Å². The number of thiocarbonyl (C=S) groups is 1. The summed E-state index contributed by atoms with van der Waals surface area (Å²) in [6.45, 7) is 7.68. The fourth-order valence-corrected chi connectivity index (χ4v) is 4.21. The molecule has 2 heterocycles. The molecule has 0 bridgehead atoms. The van der Waals surface area contributed by atoms with Crippen LogP contribution < -0.4 is 10.6 Å². The molecule has 194 valence electrons. The van der Waals surface area contributed by atoms with Crippen LogP contribution in [-0.2, 0) is 12.7 Å². The van der Waals surface area contributed by atoms with Crippen molar-refractivity contribution in [1.82, 2.24) is 19.8 Å². The summed E-state index contributed by atoms with van der Waals surface area (Å²) in [4.78, 5) is 17.9. The minimum atomic E-state index is -4.40. The Hall–Kier alpha value is -3.57. The SMILES string of the molecule is Cc1cc(C)nc(N/C(=N/C(=S)Nc2ccc(C(F)(F)F)cc2)N2CCN(Cc3ccccc3)CC2)n1. The van der Waals surface area contributed by atoms with Gasteiger partial charge in [-0.2, -0.15) is 18.2 Å². The van der Waals surface area contributed by atoms with Gasteiger partial charge in [-0.25, -0.2) is 9.97 Å². The third-order valence-electron chi connectivity index (χ3n) is 5.80. The summed E-state index contributed by atoms with van der Waals surface area (Å²) in [7, 11) is 0. The van der Waals surface area contributed by atoms with Gasteiger partial charge in [0.05, 0.1) is 5.56 Å². The molecule has 2 N–H and O–H groups in total. The van der Waals surface area contributed by atoms with Gasteiger partial charge in [-0.1, -0.05) is 30.3 Å². The first-order chi connectivity index (χ1) is 17.7. The van der Waals surface area contributed by atoms with Crippen molar-refractivity contribution in [2.24, 2.45) is 4.99 Å². The summed E-state index contributed by atoms with van der Waals surface area (Å²) in [6, 6.07) is 16.8. The fraction of sp³-hybridized carbons (Fsp3) is 0.308. The number of rotatable bonds is 4. The molecule has 11 heteroatoms. The second kappa shape index (κ2) is 11.7. The van der Waals surface area contributed by atoms with Crippen molar-refractivity contribution in [3.63, 3.8) is 0 Å². The number of piperazine rings is 1. The van der Waals surface area contributed by atoms with Gasteiger partial charge in [0.1, 0.15) is 0 Å². The molecule has 0 unspecified atom stereocenters. The molecule has 0 amide bonds. The van der Waals surface area contributed by atoms with E-state index >= 15 is 0 Å². The van der Waals surface area contributed by atoms with E-state index in [2.05, 4.69) is 47.5 Å². The Kier molecular flexibility index (Phi) is 8.34. The maximum absolute atomic E-state index is 12.9. The molecule has 1 aromatic heterocycles. The van der Waals surface area contributed by atoms with E-state index in [0.29, 0.717) is 30.7 Å². The van der Waals surface area contributed by atoms with Gasteiger partial charge in [0.2, 0.25) is 17.0 Å². The molecule has 7 nitrogen and oxygen atoms in total. The van der Waals surface area contributed by atoms with Gasteiger partial charge in [0.15, 0.2) is 0 Å². The number of hydrogen-bond acceptors (Lipinski definition) is 4. The maximum Gasteiger partial charge on any atom is 0.416 e. The highest BCUT2D eigenvalue weighted by Gasteiger charge is 2.30. The topological polar surface area (TPSA) is 68.7 Å². The number of benzene rings is 2. The molecule has 3 aromatic rings. The average Bonchev–Trinajstić information content (AvgIpc) is 2.84. The number of aromatic nitrogens is 2. The Balaban J connectivity index is 1.48. The summed E-state index contributed by atoms with van der Waals surface area (Å²) in [6.07, 6.45) is -4.40. The molecule has 1 saturated heterocycles. The van der Waals surface area contributed by atoms with Crippen LogP contribution in [0.4, 0.5) is 24.8 Å². The maximum atomic E-state index is 12.9. The number of guanidine groups is 1. The number of alkyl halides is 3. The van der Waals surface area contributed by atoms with Gasteiger partial charge in [-0.05, 0) is 62.0 Å². The van der Waals surface area contributed by atoms with E-state index in [0.717, 1.165) is 43.2 Å². The summed E-state index contributed by atoms with van der Waals surface area (Å²) in [5.74, 6) is 0.883. The lowest BCUT2D eigenvalue weighted by Crippen LogP contribution is -2.50. The van der Waals surface area contributed by atoms with Crippen molar-refractivity contribution in [1.29, 1.82) is 0 Å². The molecular formula is C26H28F3N7S. The molecule has 1 aliphatic rings. The molecule has 2 aromatic carbocycles. The van der Waals surface area contributed by atoms with Crippen molar-refractivity contribution in [3.05, 3.63) is 83.2 Å². The molecule has 0 radical (unpaired) electrons. The molecule has 37 heavy (non-hydrogen) atoms. The zero-order valence-corrected chi connectivity index (χ0v) is 21.4. The van der Waals surface area contributed by atoms with Gasteiger partial charge in [-0.15, -0.1) is 0 Å². The van der Waals surface area contributed by atoms with E-state index in [-0.39, 0.29) is 5.11 Å². The number of halogens is 3. The standard InChI is InChI=1S/C26H28F3N7S/c1-18-16-19(2)31-23(30-18)33-24(34-25(37)32-22-10-8-21(9-11-22)26(27,28)29)36-14-12-35(13-15-36)17-20-6-4-3-5-7-20/h3-11,16H,12-15,17H2,1-2H3,(H2,30,31,32,33,34,37). The first-order valence-electron chi connectivity index (χ1n) is 11.8. The molecule has 1 aliphatic heterocycles. The van der Waals surface area contributed by atoms with Crippen LogP contribution in [0.1, 0.15) is 22.5 Å². The van der Waals surface area contributed by atoms with Gasteiger partial charge in [0.25, 0.3) is 0 Å². The number of anilines is 2. The van der Waals surface area contributed by atoms with Crippen LogP contribution in [0.3, 0.4) is 0 Å². The normalized spacial score (nSPS) is 14.9. The van der Waals surface area contributed by atoms with E-state index < -0.39 is 11.7 Å². The quantitative estimate of drug-likeness (QED) is 0.278. The lowest BCUT2D eigenvalue weighted by molar-refractivity contribution is -0.137. The number of hydrogen-bond donors (Lipinski definition) is 2. The molecule has 0 aliphatic carbocycles. The van der Waals surface area contributed by atoms with Gasteiger partial charge in [-0.3, -0.25) is 10.2 Å². The number of aliphatic imine (C=N–C) groups is 1. The highest BCUT2D eigenvalue weighted by molar-refractivity contribution is 7.80. The van der Waals surface area contributed by atoms with E-state index in [4.69, 9.17) is 12.2 Å². The van der Waals surface area contributed by atoms with Crippen molar-refractivity contribution < 1.29 is 13.2 Å². The van der Waals surface area contributed by atoms with Gasteiger partial charge in [0, 0.05) is 49.8 Å². The third kappa shape index (κ3) is 7.70. The Morgan fingerprint density at radius 2 is 1.54 bits per heavy atom. The van der Waals surface area contributed by atoms with Gasteiger partial charge >= 0.3 is 6.18 Å². The molecule has 4 rings (SSSR count). The highest BCUT2D eigenvalue weighted by Crippen LogP contribution is 2.29. The van der Waals surface area contributed by atoms with Crippen LogP contribution in [0.5, 0.6) is 0 Å². The first-order valence-corrected chi connectivity index (χ1v) is 12.2. The van der Waals surface area contributed by atoms with Crippen LogP contribution in [0.2, 0.25) is 0 Å². The average molecular weight is 528 g/mol. The highest BCUT2D eigenvalue weighted by atomic mass is 32.1. The van der Waals surface area contributed by atoms with E-state index in [1.807, 2.05) is 38.1 Å². The summed E-state index contributed by atoms with van der Waals surface area (Å²) in [5, 5.41) is 6.21. The lowest BCUT2D eigenvalue weighted by Gasteiger charge is -2.36. The van der Waals surface area contributed by atoms with E-state index in [1.165, 1.54) is 17.7 Å². The molecule has 0 atom stereocenters. The lowest BCUT2D eigenvalue weighted by atomic mass is 10.2. The monoisotopic (exact) mass is 527 g/mol. The predicted molar refractivity (Wildman–Crippen MR) is 144 cm³/mol. The fourth-order valence-electron chi connectivity index (χ4n) is 4.01. The van der Waals surface area contributed by atoms with Crippen LogP contribution in [0, 0.1) is 13.8 Å². The molecule has 0 saturated carbocycles. The number of nitrogens with one attached hydrogen (secondary N) is 2. The summed E-state index contributed by atoms with van der Waals surface area (Å²) < 4.78 is 38.6. The molecule has 0 spiro atoms. The van der Waals surface area contributed by atoms with Crippen molar-refractivity contribution in [2.45, 2.75) is 26.6 Å². The Labute approximate surface area is 219 Å². The Morgan fingerprint density at radius 1 is 0.919 bits per heavy atom. The minimum absolute atomic E-state index is 0.110. The first kappa shape index (κ1) is 26.5. The second-order valence-electron chi connectivity index (χ2n) is 8.79. The minimum Gasteiger partial charge on any atom is -0.340 e. The Bertz CT molecular complexity index is 1220. The Morgan fingerprint density at radius 3 is 2.14 bits per heavy atom. The van der Waals surface area contributed by atoms with Crippen LogP contribution in [-0.4, -0.2) is 57.0 Å². The summed E-state index contributed by atoms with van der Waals surface area (Å²) >= 11 is 5.43. The number of aryl methyl sites for hydroxylation is 2. The molecular weight excluding hydrogens is 499 g/mol.